The van der Waals surface area contributed by atoms with E-state index in [9.17, 15) is 19.2 Å². The van der Waals surface area contributed by atoms with Crippen molar-refractivity contribution in [2.45, 2.75) is 44.6 Å². The Morgan fingerprint density at radius 3 is 2.44 bits per heavy atom. The molecule has 0 radical (unpaired) electrons. The lowest BCUT2D eigenvalue weighted by Crippen LogP contribution is -2.52. The van der Waals surface area contributed by atoms with Gasteiger partial charge in [0.2, 0.25) is 11.8 Å². The Balaban J connectivity index is 1.05. The Bertz CT molecular complexity index is 1170. The molecule has 2 fully saturated rings. The average Bonchev–Trinajstić information content (AvgIpc) is 2.90. The lowest BCUT2D eigenvalue weighted by molar-refractivity contribution is -0.140. The number of nitrogens with zero attached hydrogens (tertiary/aromatic N) is 2. The summed E-state index contributed by atoms with van der Waals surface area (Å²) in [5.74, 6) is 0.543. The van der Waals surface area contributed by atoms with Gasteiger partial charge in [0.1, 0.15) is 0 Å². The number of nitrogens with one attached hydrogen (secondary N) is 2. The van der Waals surface area contributed by atoms with Crippen LogP contribution in [0.5, 0.6) is 0 Å². The lowest BCUT2D eigenvalue weighted by Gasteiger charge is -2.44. The summed E-state index contributed by atoms with van der Waals surface area (Å²) in [6, 6.07) is 14.4. The molecule has 1 aliphatic carbocycles. The topological polar surface area (TPSA) is 101 Å². The molecule has 2 N–H and O–H groups in total. The number of carbonyl (C=O) groups is 3. The van der Waals surface area contributed by atoms with Crippen LogP contribution in [0.25, 0.3) is 0 Å². The van der Waals surface area contributed by atoms with Crippen LogP contribution in [0.15, 0.2) is 53.3 Å². The maximum atomic E-state index is 13.3. The molecule has 5 rings (SSSR count). The van der Waals surface area contributed by atoms with Gasteiger partial charge in [-0.15, -0.1) is 0 Å². The third-order valence-corrected chi connectivity index (χ3v) is 7.99. The molecule has 3 heterocycles. The van der Waals surface area contributed by atoms with Crippen LogP contribution in [0, 0.1) is 17.8 Å². The van der Waals surface area contributed by atoms with Crippen molar-refractivity contribution in [2.75, 3.05) is 26.2 Å². The Hall–Kier alpha value is -3.42. The molecule has 8 heteroatoms. The highest BCUT2D eigenvalue weighted by Crippen LogP contribution is 2.36. The SMILES string of the molecule is O=C(CNC(=O)c1ccccc1)NCC1CCC(C(=O)N2C[C@H]3Cc4cccc(=O)n4[C@@H](C3)C2)CC1. The molecule has 3 aliphatic rings. The van der Waals surface area contributed by atoms with E-state index in [0.717, 1.165) is 50.8 Å². The Labute approximate surface area is 211 Å². The Kier molecular flexibility index (Phi) is 7.20. The minimum absolute atomic E-state index is 0.0212. The molecule has 2 atom stereocenters. The first-order valence-corrected chi connectivity index (χ1v) is 13.1. The monoisotopic (exact) mass is 490 g/mol. The molecule has 8 nitrogen and oxygen atoms in total. The van der Waals surface area contributed by atoms with Crippen LogP contribution in [-0.4, -0.2) is 53.4 Å². The molecule has 2 aromatic rings. The van der Waals surface area contributed by atoms with Crippen molar-refractivity contribution in [3.05, 3.63) is 70.1 Å². The van der Waals surface area contributed by atoms with E-state index in [4.69, 9.17) is 0 Å². The number of fused-ring (bicyclic) bond motifs is 4. The number of hydrogen-bond acceptors (Lipinski definition) is 4. The molecule has 1 saturated heterocycles. The maximum Gasteiger partial charge on any atom is 0.251 e. The smallest absolute Gasteiger partial charge is 0.251 e. The van der Waals surface area contributed by atoms with E-state index in [1.807, 2.05) is 27.7 Å². The molecule has 190 valence electrons. The number of rotatable bonds is 6. The lowest BCUT2D eigenvalue weighted by atomic mass is 9.80. The Morgan fingerprint density at radius 1 is 0.889 bits per heavy atom. The fourth-order valence-corrected chi connectivity index (χ4v) is 6.15. The van der Waals surface area contributed by atoms with Gasteiger partial charge in [-0.1, -0.05) is 24.3 Å². The number of likely N-dealkylation sites (tertiary alicyclic amines) is 1. The highest BCUT2D eigenvalue weighted by molar-refractivity contribution is 5.96. The van der Waals surface area contributed by atoms with Crippen molar-refractivity contribution in [1.29, 1.82) is 0 Å². The minimum atomic E-state index is -0.264. The highest BCUT2D eigenvalue weighted by atomic mass is 16.2. The maximum absolute atomic E-state index is 13.3. The summed E-state index contributed by atoms with van der Waals surface area (Å²) in [5, 5.41) is 5.58. The first kappa shape index (κ1) is 24.3. The second-order valence-electron chi connectivity index (χ2n) is 10.5. The number of pyridine rings is 1. The third kappa shape index (κ3) is 5.37. The van der Waals surface area contributed by atoms with Gasteiger partial charge in [-0.3, -0.25) is 19.2 Å². The van der Waals surface area contributed by atoms with E-state index >= 15 is 0 Å². The van der Waals surface area contributed by atoms with Crippen molar-refractivity contribution >= 4 is 17.7 Å². The number of hydrogen-bond donors (Lipinski definition) is 2. The number of piperidine rings is 1. The molecule has 3 amide bonds. The molecular weight excluding hydrogens is 456 g/mol. The van der Waals surface area contributed by atoms with Crippen LogP contribution in [0.2, 0.25) is 0 Å². The van der Waals surface area contributed by atoms with E-state index in [1.54, 1.807) is 30.3 Å². The van der Waals surface area contributed by atoms with Gasteiger partial charge in [-0.2, -0.15) is 0 Å². The van der Waals surface area contributed by atoms with Gasteiger partial charge in [0.15, 0.2) is 0 Å². The van der Waals surface area contributed by atoms with E-state index in [0.29, 0.717) is 30.5 Å². The highest BCUT2D eigenvalue weighted by Gasteiger charge is 2.38. The molecule has 0 spiro atoms. The molecular formula is C28H34N4O4. The van der Waals surface area contributed by atoms with E-state index < -0.39 is 0 Å². The van der Waals surface area contributed by atoms with Crippen LogP contribution >= 0.6 is 0 Å². The molecule has 1 aromatic heterocycles. The Morgan fingerprint density at radius 2 is 1.67 bits per heavy atom. The summed E-state index contributed by atoms with van der Waals surface area (Å²) in [6.45, 7) is 1.92. The van der Waals surface area contributed by atoms with E-state index in [-0.39, 0.29) is 41.8 Å². The van der Waals surface area contributed by atoms with Crippen molar-refractivity contribution in [3.63, 3.8) is 0 Å². The number of amides is 3. The molecule has 2 bridgehead atoms. The minimum Gasteiger partial charge on any atom is -0.354 e. The quantitative estimate of drug-likeness (QED) is 0.648. The second kappa shape index (κ2) is 10.7. The van der Waals surface area contributed by atoms with Gasteiger partial charge in [0.25, 0.3) is 11.5 Å². The molecule has 1 saturated carbocycles. The molecule has 0 unspecified atom stereocenters. The van der Waals surface area contributed by atoms with Crippen LogP contribution in [-0.2, 0) is 16.0 Å². The van der Waals surface area contributed by atoms with Crippen molar-refractivity contribution in [3.8, 4) is 0 Å². The number of carbonyl (C=O) groups excluding carboxylic acids is 3. The zero-order chi connectivity index (χ0) is 25.1. The van der Waals surface area contributed by atoms with Crippen LogP contribution in [0.1, 0.15) is 54.2 Å². The van der Waals surface area contributed by atoms with E-state index in [1.165, 1.54) is 0 Å². The summed E-state index contributed by atoms with van der Waals surface area (Å²) in [7, 11) is 0. The van der Waals surface area contributed by atoms with Crippen molar-refractivity contribution < 1.29 is 14.4 Å². The molecule has 2 aliphatic heterocycles. The predicted octanol–water partition coefficient (Wildman–Crippen LogP) is 2.15. The van der Waals surface area contributed by atoms with Crippen LogP contribution in [0.3, 0.4) is 0 Å². The normalized spacial score (nSPS) is 24.9. The number of benzene rings is 1. The summed E-state index contributed by atoms with van der Waals surface area (Å²) >= 11 is 0. The fourth-order valence-electron chi connectivity index (χ4n) is 6.15. The van der Waals surface area contributed by atoms with Gasteiger partial charge >= 0.3 is 0 Å². The zero-order valence-electron chi connectivity index (χ0n) is 20.5. The van der Waals surface area contributed by atoms with Gasteiger partial charge in [0, 0.05) is 42.9 Å². The van der Waals surface area contributed by atoms with Gasteiger partial charge in [-0.25, -0.2) is 0 Å². The molecule has 36 heavy (non-hydrogen) atoms. The van der Waals surface area contributed by atoms with Gasteiger partial charge in [-0.05, 0) is 68.6 Å². The van der Waals surface area contributed by atoms with Gasteiger partial charge in [0.05, 0.1) is 12.6 Å². The van der Waals surface area contributed by atoms with Crippen molar-refractivity contribution in [1.82, 2.24) is 20.1 Å². The zero-order valence-corrected chi connectivity index (χ0v) is 20.5. The molecule has 1 aromatic carbocycles. The van der Waals surface area contributed by atoms with Gasteiger partial charge < -0.3 is 20.1 Å². The second-order valence-corrected chi connectivity index (χ2v) is 10.5. The summed E-state index contributed by atoms with van der Waals surface area (Å²) < 4.78 is 1.90. The third-order valence-electron chi connectivity index (χ3n) is 7.99. The number of aromatic nitrogens is 1. The van der Waals surface area contributed by atoms with Crippen LogP contribution < -0.4 is 16.2 Å². The largest absolute Gasteiger partial charge is 0.354 e. The van der Waals surface area contributed by atoms with Crippen LogP contribution in [0.4, 0.5) is 0 Å². The van der Waals surface area contributed by atoms with E-state index in [2.05, 4.69) is 10.6 Å². The standard InChI is InChI=1S/C28H34N4O4/c33-25(16-30-27(35)21-5-2-1-3-6-21)29-15-19-9-11-22(12-10-19)28(36)31-17-20-13-23-7-4-8-26(34)32(23)24(14-20)18-31/h1-8,19-20,22,24H,9-18H2,(H,29,33)(H,30,35)/t19?,20-,22?,24-/m0/s1. The first-order valence-electron chi connectivity index (χ1n) is 13.1. The summed E-state index contributed by atoms with van der Waals surface area (Å²) in [4.78, 5) is 52.1. The summed E-state index contributed by atoms with van der Waals surface area (Å²) in [6.07, 6.45) is 5.28. The van der Waals surface area contributed by atoms with Crippen molar-refractivity contribution in [2.24, 2.45) is 17.8 Å². The predicted molar refractivity (Wildman–Crippen MR) is 135 cm³/mol. The average molecular weight is 491 g/mol. The first-order chi connectivity index (χ1) is 17.5. The summed E-state index contributed by atoms with van der Waals surface area (Å²) in [5.41, 5.74) is 1.66. The fraction of sp³-hybridized carbons (Fsp3) is 0.500.